The average molecular weight is 442 g/mol. The maximum atomic E-state index is 13.1. The highest BCUT2D eigenvalue weighted by Crippen LogP contribution is 2.37. The van der Waals surface area contributed by atoms with E-state index in [9.17, 15) is 26.0 Å². The molecule has 22 heavy (non-hydrogen) atoms. The third-order valence-electron chi connectivity index (χ3n) is 2.46. The van der Waals surface area contributed by atoms with Gasteiger partial charge in [0.25, 0.3) is 9.84 Å². The minimum atomic E-state index is -5.67. The Morgan fingerprint density at radius 1 is 1.18 bits per heavy atom. The molecule has 0 aliphatic rings. The Morgan fingerprint density at radius 3 is 2.14 bits per heavy atom. The van der Waals surface area contributed by atoms with E-state index in [-0.39, 0.29) is 15.7 Å². The van der Waals surface area contributed by atoms with Gasteiger partial charge in [0.15, 0.2) is 5.03 Å². The fraction of sp³-hybridized carbons (Fsp3) is 0.100. The Labute approximate surface area is 139 Å². The van der Waals surface area contributed by atoms with E-state index in [2.05, 4.69) is 20.9 Å². The van der Waals surface area contributed by atoms with Gasteiger partial charge < -0.3 is 0 Å². The molecule has 0 atom stereocenters. The Bertz CT molecular complexity index is 828. The van der Waals surface area contributed by atoms with Crippen molar-refractivity contribution in [3.63, 3.8) is 0 Å². The summed E-state index contributed by atoms with van der Waals surface area (Å²) in [6.07, 6.45) is 0.772. The highest BCUT2D eigenvalue weighted by Gasteiger charge is 2.49. The first-order chi connectivity index (χ1) is 9.96. The highest BCUT2D eigenvalue weighted by molar-refractivity contribution is 9.10. The zero-order valence-corrected chi connectivity index (χ0v) is 13.9. The lowest BCUT2D eigenvalue weighted by atomic mass is 10.3. The van der Waals surface area contributed by atoms with Crippen LogP contribution in [0.25, 0.3) is 5.69 Å². The van der Waals surface area contributed by atoms with Gasteiger partial charge in [-0.05, 0) is 28.1 Å². The number of sulfone groups is 1. The van der Waals surface area contributed by atoms with Gasteiger partial charge in [-0.25, -0.2) is 17.8 Å². The van der Waals surface area contributed by atoms with Crippen molar-refractivity contribution in [1.29, 1.82) is 0 Å². The fourth-order valence-electron chi connectivity index (χ4n) is 1.53. The molecular formula is C10H3BrCl2F4N2O2S. The van der Waals surface area contributed by atoms with Crippen LogP contribution in [0.4, 0.5) is 17.6 Å². The van der Waals surface area contributed by atoms with Crippen LogP contribution in [0.5, 0.6) is 0 Å². The summed E-state index contributed by atoms with van der Waals surface area (Å²) in [7, 11) is -5.67. The highest BCUT2D eigenvalue weighted by atomic mass is 79.9. The van der Waals surface area contributed by atoms with Crippen LogP contribution >= 0.6 is 39.1 Å². The topological polar surface area (TPSA) is 52.0 Å². The van der Waals surface area contributed by atoms with Crippen LogP contribution in [0.3, 0.4) is 0 Å². The van der Waals surface area contributed by atoms with Gasteiger partial charge in [0, 0.05) is 0 Å². The number of alkyl halides is 3. The number of imidazole rings is 1. The van der Waals surface area contributed by atoms with E-state index in [1.165, 1.54) is 0 Å². The molecular weight excluding hydrogens is 439 g/mol. The predicted octanol–water partition coefficient (Wildman–Crippen LogP) is 4.37. The summed E-state index contributed by atoms with van der Waals surface area (Å²) in [5, 5.41) is -1.73. The summed E-state index contributed by atoms with van der Waals surface area (Å²) in [6, 6.07) is 1.74. The molecule has 4 nitrogen and oxygen atoms in total. The minimum absolute atomic E-state index is 0.118. The van der Waals surface area contributed by atoms with Crippen molar-refractivity contribution >= 4 is 49.0 Å². The number of hydrogen-bond donors (Lipinski definition) is 0. The fourth-order valence-corrected chi connectivity index (χ4v) is 3.91. The van der Waals surface area contributed by atoms with Crippen molar-refractivity contribution in [2.24, 2.45) is 0 Å². The molecule has 0 amide bonds. The first-order valence-corrected chi connectivity index (χ1v) is 8.19. The van der Waals surface area contributed by atoms with Gasteiger partial charge >= 0.3 is 5.51 Å². The monoisotopic (exact) mass is 440 g/mol. The van der Waals surface area contributed by atoms with Crippen LogP contribution < -0.4 is 0 Å². The van der Waals surface area contributed by atoms with Crippen molar-refractivity contribution < 1.29 is 26.0 Å². The maximum absolute atomic E-state index is 13.1. The summed E-state index contributed by atoms with van der Waals surface area (Å²) in [4.78, 5) is 3.23. The molecule has 2 aromatic rings. The van der Waals surface area contributed by atoms with E-state index >= 15 is 0 Å². The molecule has 0 saturated carbocycles. The molecule has 2 rings (SSSR count). The van der Waals surface area contributed by atoms with Crippen LogP contribution in [-0.4, -0.2) is 23.5 Å². The van der Waals surface area contributed by atoms with Gasteiger partial charge in [0.2, 0.25) is 0 Å². The molecule has 0 fully saturated rings. The zero-order chi connectivity index (χ0) is 16.9. The quantitative estimate of drug-likeness (QED) is 0.650. The van der Waals surface area contributed by atoms with Crippen molar-refractivity contribution in [1.82, 2.24) is 9.55 Å². The molecule has 0 N–H and O–H groups in total. The molecule has 120 valence electrons. The van der Waals surface area contributed by atoms with Crippen LogP contribution in [0.2, 0.25) is 10.0 Å². The predicted molar refractivity (Wildman–Crippen MR) is 74.5 cm³/mol. The summed E-state index contributed by atoms with van der Waals surface area (Å²) in [6.45, 7) is 0. The van der Waals surface area contributed by atoms with Crippen molar-refractivity contribution in [3.8, 4) is 5.69 Å². The third-order valence-corrected chi connectivity index (χ3v) is 5.47. The summed E-state index contributed by atoms with van der Waals surface area (Å²) in [5.74, 6) is -0.766. The smallest absolute Gasteiger partial charge is 0.289 e. The van der Waals surface area contributed by atoms with Crippen LogP contribution in [0.15, 0.2) is 28.1 Å². The second-order valence-electron chi connectivity index (χ2n) is 3.88. The first-order valence-electron chi connectivity index (χ1n) is 5.16. The Hall–Kier alpha value is -0.840. The number of hydrogen-bond acceptors (Lipinski definition) is 3. The van der Waals surface area contributed by atoms with Crippen LogP contribution in [0.1, 0.15) is 0 Å². The first kappa shape index (κ1) is 17.5. The average Bonchev–Trinajstić information content (AvgIpc) is 2.69. The summed E-state index contributed by atoms with van der Waals surface area (Å²) >= 11 is 14.3. The standard InChI is InChI=1S/C10H3BrCl2F4N2O2S/c11-8-9(22(20,21)10(15,16)17)18-3-19(8)7-5(12)1-4(14)2-6(7)13/h1-3H. The van der Waals surface area contributed by atoms with Crippen molar-refractivity contribution in [3.05, 3.63) is 38.9 Å². The minimum Gasteiger partial charge on any atom is -0.289 e. The molecule has 0 saturated heterocycles. The molecule has 0 radical (unpaired) electrons. The van der Waals surface area contributed by atoms with Crippen LogP contribution in [-0.2, 0) is 9.84 Å². The zero-order valence-electron chi connectivity index (χ0n) is 10.00. The van der Waals surface area contributed by atoms with E-state index in [0.717, 1.165) is 23.0 Å². The normalized spacial score (nSPS) is 12.7. The third kappa shape index (κ3) is 2.84. The lowest BCUT2D eigenvalue weighted by Gasteiger charge is -2.10. The van der Waals surface area contributed by atoms with Crippen molar-refractivity contribution in [2.75, 3.05) is 0 Å². The van der Waals surface area contributed by atoms with Gasteiger partial charge in [-0.1, -0.05) is 23.2 Å². The lowest BCUT2D eigenvalue weighted by Crippen LogP contribution is -2.24. The maximum Gasteiger partial charge on any atom is 0.503 e. The molecule has 0 aliphatic carbocycles. The number of benzene rings is 1. The van der Waals surface area contributed by atoms with Crippen molar-refractivity contribution in [2.45, 2.75) is 10.5 Å². The van der Waals surface area contributed by atoms with E-state index in [0.29, 0.717) is 0 Å². The van der Waals surface area contributed by atoms with Crippen LogP contribution in [0, 0.1) is 5.82 Å². The SMILES string of the molecule is O=S(=O)(c1ncn(-c2c(Cl)cc(F)cc2Cl)c1Br)C(F)(F)F. The summed E-state index contributed by atoms with van der Waals surface area (Å²) in [5.41, 5.74) is -5.64. The van der Waals surface area contributed by atoms with E-state index in [4.69, 9.17) is 23.2 Å². The van der Waals surface area contributed by atoms with E-state index in [1.54, 1.807) is 0 Å². The molecule has 0 aliphatic heterocycles. The van der Waals surface area contributed by atoms with Gasteiger partial charge in [0.05, 0.1) is 15.7 Å². The Morgan fingerprint density at radius 2 is 1.68 bits per heavy atom. The molecule has 0 spiro atoms. The van der Waals surface area contributed by atoms with Gasteiger partial charge in [-0.2, -0.15) is 13.2 Å². The largest absolute Gasteiger partial charge is 0.503 e. The molecule has 0 unspecified atom stereocenters. The molecule has 0 bridgehead atoms. The molecule has 12 heteroatoms. The molecule has 1 heterocycles. The van der Waals surface area contributed by atoms with E-state index < -0.39 is 30.8 Å². The molecule has 1 aromatic heterocycles. The van der Waals surface area contributed by atoms with E-state index in [1.807, 2.05) is 0 Å². The Balaban J connectivity index is 2.69. The van der Waals surface area contributed by atoms with Gasteiger partial charge in [-0.15, -0.1) is 0 Å². The lowest BCUT2D eigenvalue weighted by molar-refractivity contribution is -0.0438. The van der Waals surface area contributed by atoms with Gasteiger partial charge in [-0.3, -0.25) is 4.57 Å². The van der Waals surface area contributed by atoms with Gasteiger partial charge in [0.1, 0.15) is 16.7 Å². The number of aromatic nitrogens is 2. The second kappa shape index (κ2) is 5.66. The Kier molecular flexibility index (Phi) is 4.51. The summed E-state index contributed by atoms with van der Waals surface area (Å²) < 4.78 is 73.9. The molecule has 1 aromatic carbocycles. The number of halogens is 7. The number of nitrogens with zero attached hydrogens (tertiary/aromatic N) is 2. The number of rotatable bonds is 2. The second-order valence-corrected chi connectivity index (χ2v) is 7.30.